The van der Waals surface area contributed by atoms with Gasteiger partial charge in [0.1, 0.15) is 11.0 Å². The van der Waals surface area contributed by atoms with Gasteiger partial charge in [0.2, 0.25) is 0 Å². The fraction of sp³-hybridized carbons (Fsp3) is 0.280. The molecule has 0 N–H and O–H groups in total. The topological polar surface area (TPSA) is 102 Å². The summed E-state index contributed by atoms with van der Waals surface area (Å²) < 4.78 is 56.1. The van der Waals surface area contributed by atoms with Crippen molar-refractivity contribution in [2.75, 3.05) is 3.71 Å². The van der Waals surface area contributed by atoms with Crippen LogP contribution in [-0.4, -0.2) is 31.8 Å². The average Bonchev–Trinajstić information content (AvgIpc) is 3.23. The van der Waals surface area contributed by atoms with Crippen LogP contribution in [0.25, 0.3) is 11.0 Å². The number of hydrogen-bond donors (Lipinski definition) is 0. The number of aryl methyl sites for hydroxylation is 3. The Morgan fingerprint density at radius 2 is 1.22 bits per heavy atom. The molecule has 36 heavy (non-hydrogen) atoms. The lowest BCUT2D eigenvalue weighted by atomic mass is 10.1. The number of hydrogen-bond acceptors (Lipinski definition) is 6. The molecule has 0 saturated carbocycles. The quantitative estimate of drug-likeness (QED) is 0.289. The third kappa shape index (κ3) is 4.85. The van der Waals surface area contributed by atoms with Gasteiger partial charge in [-0.2, -0.15) is 18.7 Å². The largest absolute Gasteiger partial charge is 0.277 e. The van der Waals surface area contributed by atoms with Gasteiger partial charge in [0.15, 0.2) is 0 Å². The van der Waals surface area contributed by atoms with Crippen LogP contribution in [0.1, 0.15) is 37.8 Å². The molecule has 0 aliphatic carbocycles. The Morgan fingerprint density at radius 3 is 1.67 bits per heavy atom. The van der Waals surface area contributed by atoms with E-state index in [0.29, 0.717) is 9.23 Å². The molecule has 1 aromatic heterocycles. The van der Waals surface area contributed by atoms with Crippen molar-refractivity contribution in [1.29, 1.82) is 0 Å². The van der Waals surface area contributed by atoms with Crippen LogP contribution in [0.15, 0.2) is 70.5 Å². The Hall–Kier alpha value is -2.95. The first kappa shape index (κ1) is 26.1. The van der Waals surface area contributed by atoms with E-state index in [1.165, 1.54) is 41.2 Å². The Kier molecular flexibility index (Phi) is 7.40. The van der Waals surface area contributed by atoms with Crippen LogP contribution >= 0.6 is 11.6 Å². The minimum absolute atomic E-state index is 0.127. The van der Waals surface area contributed by atoms with Crippen LogP contribution in [0, 0.1) is 0 Å². The molecule has 1 heterocycles. The van der Waals surface area contributed by atoms with Crippen LogP contribution in [0.2, 0.25) is 5.02 Å². The molecular weight excluding hydrogens is 520 g/mol. The van der Waals surface area contributed by atoms with Crippen molar-refractivity contribution in [3.63, 3.8) is 0 Å². The number of fused-ring (bicyclic) bond motifs is 1. The van der Waals surface area contributed by atoms with Crippen LogP contribution in [0.4, 0.5) is 5.69 Å². The van der Waals surface area contributed by atoms with E-state index in [4.69, 9.17) is 11.6 Å². The highest BCUT2D eigenvalue weighted by Gasteiger charge is 2.39. The summed E-state index contributed by atoms with van der Waals surface area (Å²) in [4.78, 5) is 0.958. The molecule has 8 nitrogen and oxygen atoms in total. The van der Waals surface area contributed by atoms with Crippen molar-refractivity contribution in [1.82, 2.24) is 15.0 Å². The summed E-state index contributed by atoms with van der Waals surface area (Å²) in [5, 5.41) is 8.23. The van der Waals surface area contributed by atoms with E-state index in [2.05, 4.69) is 10.2 Å². The zero-order valence-electron chi connectivity index (χ0n) is 20.2. The van der Waals surface area contributed by atoms with Gasteiger partial charge in [0.05, 0.1) is 20.5 Å². The highest BCUT2D eigenvalue weighted by molar-refractivity contribution is 8.10. The summed E-state index contributed by atoms with van der Waals surface area (Å²) in [5.74, 6) is 0. The fourth-order valence-electron chi connectivity index (χ4n) is 4.00. The van der Waals surface area contributed by atoms with Gasteiger partial charge >= 0.3 is 0 Å². The Balaban J connectivity index is 1.93. The number of nitrogens with zero attached hydrogens (tertiary/aromatic N) is 4. The van der Waals surface area contributed by atoms with Gasteiger partial charge in [-0.3, -0.25) is 0 Å². The monoisotopic (exact) mass is 546 g/mol. The van der Waals surface area contributed by atoms with Crippen molar-refractivity contribution >= 4 is 48.4 Å². The predicted molar refractivity (Wildman–Crippen MR) is 141 cm³/mol. The summed E-state index contributed by atoms with van der Waals surface area (Å²) in [7, 11) is -7.59. The third-order valence-electron chi connectivity index (χ3n) is 5.72. The lowest BCUT2D eigenvalue weighted by Gasteiger charge is -2.25. The second kappa shape index (κ2) is 10.2. The Bertz CT molecular complexity index is 1520. The molecule has 0 spiro atoms. The van der Waals surface area contributed by atoms with Gasteiger partial charge in [-0.1, -0.05) is 62.6 Å². The lowest BCUT2D eigenvalue weighted by Crippen LogP contribution is -2.37. The molecule has 0 bridgehead atoms. The molecule has 190 valence electrons. The number of sulfonamides is 2. The lowest BCUT2D eigenvalue weighted by molar-refractivity contribution is 0.584. The minimum Gasteiger partial charge on any atom is -0.200 e. The molecule has 4 rings (SSSR count). The number of rotatable bonds is 9. The van der Waals surface area contributed by atoms with Crippen molar-refractivity contribution < 1.29 is 16.8 Å². The van der Waals surface area contributed by atoms with Crippen LogP contribution in [0.3, 0.4) is 0 Å². The summed E-state index contributed by atoms with van der Waals surface area (Å²) in [5.41, 5.74) is 2.30. The van der Waals surface area contributed by atoms with E-state index in [-0.39, 0.29) is 26.0 Å². The zero-order valence-corrected chi connectivity index (χ0v) is 22.6. The number of halogens is 1. The number of anilines is 1. The van der Waals surface area contributed by atoms with Gasteiger partial charge < -0.3 is 0 Å². The highest BCUT2D eigenvalue weighted by atomic mass is 35.5. The van der Waals surface area contributed by atoms with E-state index in [1.54, 1.807) is 31.3 Å². The first-order chi connectivity index (χ1) is 17.1. The fourth-order valence-corrected chi connectivity index (χ4v) is 8.09. The standard InChI is InChI=1S/C25H27ClN4O4S2/c1-4-6-18-8-12-20(13-9-18)35(31,32)30(23-17-16-22-25(24(23)26)28-29(3)27-22)36(33,34)21-14-10-19(7-5-2)11-15-21/h8-17H,4-7H2,1-3H3. The van der Waals surface area contributed by atoms with E-state index in [1.807, 2.05) is 13.8 Å². The third-order valence-corrected chi connectivity index (χ3v) is 10.3. The average molecular weight is 547 g/mol. The van der Waals surface area contributed by atoms with Crippen molar-refractivity contribution in [3.8, 4) is 0 Å². The normalized spacial score (nSPS) is 12.2. The Labute approximate surface area is 216 Å². The predicted octanol–water partition coefficient (Wildman–Crippen LogP) is 5.11. The Morgan fingerprint density at radius 1 is 0.750 bits per heavy atom. The maximum Gasteiger partial charge on any atom is 0.277 e. The van der Waals surface area contributed by atoms with Gasteiger partial charge in [-0.25, -0.2) is 16.8 Å². The van der Waals surface area contributed by atoms with Gasteiger partial charge in [-0.15, -0.1) is 0 Å². The first-order valence-electron chi connectivity index (χ1n) is 11.6. The van der Waals surface area contributed by atoms with E-state index in [0.717, 1.165) is 36.8 Å². The van der Waals surface area contributed by atoms with Crippen LogP contribution in [-0.2, 0) is 39.9 Å². The molecule has 0 fully saturated rings. The molecule has 4 aromatic rings. The maximum atomic E-state index is 13.9. The van der Waals surface area contributed by atoms with Gasteiger partial charge in [-0.05, 0) is 60.4 Å². The molecule has 0 atom stereocenters. The molecule has 3 aromatic carbocycles. The van der Waals surface area contributed by atoms with Gasteiger partial charge in [0, 0.05) is 7.05 Å². The van der Waals surface area contributed by atoms with E-state index < -0.39 is 20.0 Å². The minimum atomic E-state index is -4.59. The molecule has 0 unspecified atom stereocenters. The maximum absolute atomic E-state index is 13.9. The molecule has 0 aliphatic heterocycles. The molecule has 0 amide bonds. The number of aromatic nitrogens is 3. The van der Waals surface area contributed by atoms with Crippen LogP contribution in [0.5, 0.6) is 0 Å². The van der Waals surface area contributed by atoms with Gasteiger partial charge in [0.25, 0.3) is 20.0 Å². The number of benzene rings is 3. The van der Waals surface area contributed by atoms with E-state index >= 15 is 0 Å². The molecule has 11 heteroatoms. The summed E-state index contributed by atoms with van der Waals surface area (Å²) >= 11 is 6.58. The molecule has 0 aliphatic rings. The summed E-state index contributed by atoms with van der Waals surface area (Å²) in [6, 6.07) is 15.3. The smallest absolute Gasteiger partial charge is 0.200 e. The SMILES string of the molecule is CCCc1ccc(S(=O)(=O)N(c2ccc3nn(C)nc3c2Cl)S(=O)(=O)c2ccc(CCC)cc2)cc1. The van der Waals surface area contributed by atoms with Crippen molar-refractivity contribution in [2.24, 2.45) is 7.05 Å². The van der Waals surface area contributed by atoms with Crippen molar-refractivity contribution in [3.05, 3.63) is 76.8 Å². The zero-order chi connectivity index (χ0) is 26.1. The van der Waals surface area contributed by atoms with Crippen molar-refractivity contribution in [2.45, 2.75) is 49.3 Å². The first-order valence-corrected chi connectivity index (χ1v) is 14.8. The summed E-state index contributed by atoms with van der Waals surface area (Å²) in [6.07, 6.45) is 3.35. The second-order valence-electron chi connectivity index (χ2n) is 8.45. The van der Waals surface area contributed by atoms with Crippen LogP contribution < -0.4 is 3.71 Å². The van der Waals surface area contributed by atoms with E-state index in [9.17, 15) is 16.8 Å². The molecule has 0 saturated heterocycles. The highest BCUT2D eigenvalue weighted by Crippen LogP contribution is 2.38. The summed E-state index contributed by atoms with van der Waals surface area (Å²) in [6.45, 7) is 4.05. The molecular formula is C25H27ClN4O4S2. The molecule has 0 radical (unpaired) electrons. The second-order valence-corrected chi connectivity index (χ2v) is 12.6.